The van der Waals surface area contributed by atoms with Crippen LogP contribution in [0.1, 0.15) is 34.8 Å². The molecule has 3 aromatic carbocycles. The highest BCUT2D eigenvalue weighted by molar-refractivity contribution is 6.00. The van der Waals surface area contributed by atoms with Crippen LogP contribution in [-0.2, 0) is 9.59 Å². The Bertz CT molecular complexity index is 1140. The average molecular weight is 438 g/mol. The number of hydrogen-bond acceptors (Lipinski definition) is 6. The normalized spacial score (nSPS) is 11.6. The lowest BCUT2D eigenvalue weighted by atomic mass is 10.0. The van der Waals surface area contributed by atoms with Gasteiger partial charge in [-0.15, -0.1) is 0 Å². The van der Waals surface area contributed by atoms with E-state index in [9.17, 15) is 29.3 Å². The molecule has 0 spiro atoms. The van der Waals surface area contributed by atoms with Gasteiger partial charge in [0.2, 0.25) is 5.91 Å². The zero-order valence-corrected chi connectivity index (χ0v) is 17.4. The second-order valence-electron chi connectivity index (χ2n) is 7.31. The zero-order valence-electron chi connectivity index (χ0n) is 17.4. The lowest BCUT2D eigenvalue weighted by Crippen LogP contribution is -2.28. The number of carboxylic acids is 1. The summed E-state index contributed by atoms with van der Waals surface area (Å²) in [5.74, 6) is -1.91. The van der Waals surface area contributed by atoms with Gasteiger partial charge in [0, 0.05) is 11.3 Å². The Morgan fingerprint density at radius 1 is 1.06 bits per heavy atom. The van der Waals surface area contributed by atoms with E-state index in [2.05, 4.69) is 5.32 Å². The number of nitrogens with one attached hydrogen (secondary N) is 1. The van der Waals surface area contributed by atoms with Crippen molar-refractivity contribution in [2.24, 2.45) is 0 Å². The van der Waals surface area contributed by atoms with Gasteiger partial charge in [0.1, 0.15) is 29.2 Å². The number of anilines is 1. The SMILES string of the molecule is Cc1cc(NC(=O)CC(=O)[O-])cc(C)c1Oc1ccc(O)c(C(O)c2ccc(F)cc2)c1. The molecule has 0 aliphatic carbocycles. The van der Waals surface area contributed by atoms with Crippen molar-refractivity contribution in [1.82, 2.24) is 0 Å². The molecule has 0 fully saturated rings. The number of rotatable bonds is 7. The average Bonchev–Trinajstić information content (AvgIpc) is 2.71. The predicted molar refractivity (Wildman–Crippen MR) is 113 cm³/mol. The number of halogens is 1. The molecule has 1 atom stereocenters. The molecule has 0 radical (unpaired) electrons. The fourth-order valence-electron chi connectivity index (χ4n) is 3.28. The molecular formula is C24H21FNO6-. The summed E-state index contributed by atoms with van der Waals surface area (Å²) >= 11 is 0. The van der Waals surface area contributed by atoms with Crippen LogP contribution in [0.4, 0.5) is 10.1 Å². The summed E-state index contributed by atoms with van der Waals surface area (Å²) in [6.45, 7) is 3.51. The summed E-state index contributed by atoms with van der Waals surface area (Å²) in [7, 11) is 0. The third-order valence-electron chi connectivity index (χ3n) is 4.75. The van der Waals surface area contributed by atoms with Gasteiger partial charge in [0.25, 0.3) is 0 Å². The van der Waals surface area contributed by atoms with Crippen molar-refractivity contribution in [3.05, 3.63) is 82.7 Å². The maximum absolute atomic E-state index is 13.2. The highest BCUT2D eigenvalue weighted by atomic mass is 19.1. The number of phenolic OH excluding ortho intramolecular Hbond substituents is 1. The van der Waals surface area contributed by atoms with E-state index in [4.69, 9.17) is 4.74 Å². The van der Waals surface area contributed by atoms with Gasteiger partial charge in [-0.05, 0) is 73.0 Å². The molecule has 3 N–H and O–H groups in total. The molecule has 0 aliphatic rings. The van der Waals surface area contributed by atoms with Crippen LogP contribution in [0, 0.1) is 19.7 Å². The topological polar surface area (TPSA) is 119 Å². The van der Waals surface area contributed by atoms with Crippen LogP contribution >= 0.6 is 0 Å². The fourth-order valence-corrected chi connectivity index (χ4v) is 3.28. The molecule has 1 unspecified atom stereocenters. The number of aliphatic carboxylic acids is 1. The largest absolute Gasteiger partial charge is 0.550 e. The second kappa shape index (κ2) is 9.49. The van der Waals surface area contributed by atoms with Crippen molar-refractivity contribution in [2.75, 3.05) is 5.32 Å². The Morgan fingerprint density at radius 3 is 2.28 bits per heavy atom. The molecule has 1 amide bonds. The molecule has 166 valence electrons. The quantitative estimate of drug-likeness (QED) is 0.488. The molecule has 0 saturated carbocycles. The molecular weight excluding hydrogens is 417 g/mol. The second-order valence-corrected chi connectivity index (χ2v) is 7.31. The van der Waals surface area contributed by atoms with Gasteiger partial charge in [-0.25, -0.2) is 4.39 Å². The maximum Gasteiger partial charge on any atom is 0.230 e. The van der Waals surface area contributed by atoms with Crippen molar-refractivity contribution in [3.63, 3.8) is 0 Å². The van der Waals surface area contributed by atoms with Gasteiger partial charge >= 0.3 is 0 Å². The minimum atomic E-state index is -1.47. The minimum absolute atomic E-state index is 0.145. The van der Waals surface area contributed by atoms with Crippen LogP contribution in [0.5, 0.6) is 17.2 Å². The molecule has 8 heteroatoms. The number of carboxylic acid groups (broad SMARTS) is 1. The summed E-state index contributed by atoms with van der Waals surface area (Å²) in [5, 5.41) is 33.9. The van der Waals surface area contributed by atoms with Crippen LogP contribution in [0.3, 0.4) is 0 Å². The van der Waals surface area contributed by atoms with E-state index in [-0.39, 0.29) is 11.3 Å². The van der Waals surface area contributed by atoms with E-state index < -0.39 is 30.2 Å². The third kappa shape index (κ3) is 5.41. The van der Waals surface area contributed by atoms with Crippen molar-refractivity contribution >= 4 is 17.6 Å². The summed E-state index contributed by atoms with van der Waals surface area (Å²) in [4.78, 5) is 22.2. The number of ether oxygens (including phenoxy) is 1. The standard InChI is InChI=1S/C24H22FNO6/c1-13-9-17(26-21(28)12-22(29)30)10-14(2)24(13)32-18-7-8-20(27)19(11-18)23(31)15-3-5-16(25)6-4-15/h3-11,23,27,31H,12H2,1-2H3,(H,26,28)(H,29,30)/p-1. The first-order chi connectivity index (χ1) is 15.1. The lowest BCUT2D eigenvalue weighted by Gasteiger charge is -2.17. The number of aromatic hydroxyl groups is 1. The van der Waals surface area contributed by atoms with Gasteiger partial charge in [-0.3, -0.25) is 4.79 Å². The number of phenols is 1. The van der Waals surface area contributed by atoms with E-state index in [1.165, 1.54) is 42.5 Å². The number of carbonyl (C=O) groups excluding carboxylic acids is 2. The third-order valence-corrected chi connectivity index (χ3v) is 4.75. The summed E-state index contributed by atoms with van der Waals surface area (Å²) < 4.78 is 19.1. The van der Waals surface area contributed by atoms with Crippen LogP contribution in [0.2, 0.25) is 0 Å². The number of benzene rings is 3. The summed E-state index contributed by atoms with van der Waals surface area (Å²) in [6, 6.07) is 12.9. The number of hydrogen-bond donors (Lipinski definition) is 3. The highest BCUT2D eigenvalue weighted by Gasteiger charge is 2.17. The number of aliphatic hydroxyl groups is 1. The van der Waals surface area contributed by atoms with Crippen LogP contribution in [0.25, 0.3) is 0 Å². The van der Waals surface area contributed by atoms with Gasteiger partial charge in [0.15, 0.2) is 0 Å². The van der Waals surface area contributed by atoms with Crippen LogP contribution in [-0.4, -0.2) is 22.1 Å². The van der Waals surface area contributed by atoms with Gasteiger partial charge in [0.05, 0.1) is 12.4 Å². The van der Waals surface area contributed by atoms with Crippen molar-refractivity contribution in [2.45, 2.75) is 26.4 Å². The number of aliphatic hydroxyl groups excluding tert-OH is 1. The smallest absolute Gasteiger partial charge is 0.230 e. The molecule has 0 saturated heterocycles. The molecule has 7 nitrogen and oxygen atoms in total. The predicted octanol–water partition coefficient (Wildman–Crippen LogP) is 3.10. The fraction of sp³-hybridized carbons (Fsp3) is 0.167. The van der Waals surface area contributed by atoms with Gasteiger partial charge in [-0.2, -0.15) is 0 Å². The van der Waals surface area contributed by atoms with Crippen molar-refractivity contribution in [3.8, 4) is 17.2 Å². The minimum Gasteiger partial charge on any atom is -0.550 e. The molecule has 0 aromatic heterocycles. The van der Waals surface area contributed by atoms with Crippen LogP contribution in [0.15, 0.2) is 54.6 Å². The van der Waals surface area contributed by atoms with Crippen molar-refractivity contribution in [1.29, 1.82) is 0 Å². The Labute approximate surface area is 183 Å². The van der Waals surface area contributed by atoms with Crippen LogP contribution < -0.4 is 15.2 Å². The Morgan fingerprint density at radius 2 is 1.69 bits per heavy atom. The molecule has 0 bridgehead atoms. The molecule has 3 rings (SSSR count). The Balaban J connectivity index is 1.84. The first kappa shape index (κ1) is 22.8. The molecule has 0 aliphatic heterocycles. The lowest BCUT2D eigenvalue weighted by molar-refractivity contribution is -0.304. The van der Waals surface area contributed by atoms with E-state index in [1.54, 1.807) is 26.0 Å². The molecule has 32 heavy (non-hydrogen) atoms. The summed E-state index contributed by atoms with van der Waals surface area (Å²) in [5.41, 5.74) is 2.35. The zero-order chi connectivity index (χ0) is 23.4. The number of amides is 1. The number of aryl methyl sites for hydroxylation is 2. The van der Waals surface area contributed by atoms with Gasteiger partial charge in [-0.1, -0.05) is 12.1 Å². The maximum atomic E-state index is 13.2. The van der Waals surface area contributed by atoms with Gasteiger partial charge < -0.3 is 30.2 Å². The van der Waals surface area contributed by atoms with E-state index in [1.807, 2.05) is 0 Å². The highest BCUT2D eigenvalue weighted by Crippen LogP contribution is 2.36. The Hall–Kier alpha value is -3.91. The molecule has 0 heterocycles. The van der Waals surface area contributed by atoms with E-state index in [0.717, 1.165) is 0 Å². The first-order valence-corrected chi connectivity index (χ1v) is 9.69. The Kier molecular flexibility index (Phi) is 6.75. The number of carbonyl (C=O) groups is 2. The monoisotopic (exact) mass is 438 g/mol. The first-order valence-electron chi connectivity index (χ1n) is 9.69. The molecule has 3 aromatic rings. The van der Waals surface area contributed by atoms with E-state index >= 15 is 0 Å². The van der Waals surface area contributed by atoms with E-state index in [0.29, 0.717) is 33.9 Å². The van der Waals surface area contributed by atoms with Crippen molar-refractivity contribution < 1.29 is 34.0 Å². The summed E-state index contributed by atoms with van der Waals surface area (Å²) in [6.07, 6.45) is -1.94.